The summed E-state index contributed by atoms with van der Waals surface area (Å²) in [5, 5.41) is 9.02. The molecule has 3 atom stereocenters. The van der Waals surface area contributed by atoms with Crippen LogP contribution in [0, 0.1) is 5.92 Å². The average molecular weight is 354 g/mol. The highest BCUT2D eigenvalue weighted by atomic mass is 16.5. The van der Waals surface area contributed by atoms with Crippen molar-refractivity contribution in [2.45, 2.75) is 63.8 Å². The highest BCUT2D eigenvalue weighted by Crippen LogP contribution is 2.30. The number of carbonyl (C=O) groups is 1. The summed E-state index contributed by atoms with van der Waals surface area (Å²) < 4.78 is 12.1. The van der Waals surface area contributed by atoms with Crippen LogP contribution in [0.15, 0.2) is 0 Å². The number of rotatable bonds is 6. The lowest BCUT2D eigenvalue weighted by Crippen LogP contribution is -2.51. The van der Waals surface area contributed by atoms with Gasteiger partial charge in [0.15, 0.2) is 0 Å². The quantitative estimate of drug-likeness (QED) is 0.778. The van der Waals surface area contributed by atoms with Crippen molar-refractivity contribution in [1.29, 1.82) is 0 Å². The number of aliphatic hydroxyl groups excluding tert-OH is 1. The van der Waals surface area contributed by atoms with Crippen LogP contribution in [-0.4, -0.2) is 85.1 Å². The van der Waals surface area contributed by atoms with E-state index in [4.69, 9.17) is 14.6 Å². The van der Waals surface area contributed by atoms with Crippen molar-refractivity contribution in [1.82, 2.24) is 9.80 Å². The predicted molar refractivity (Wildman–Crippen MR) is 95.4 cm³/mol. The zero-order valence-corrected chi connectivity index (χ0v) is 15.6. The van der Waals surface area contributed by atoms with Crippen LogP contribution < -0.4 is 0 Å². The highest BCUT2D eigenvalue weighted by molar-refractivity contribution is 5.81. The summed E-state index contributed by atoms with van der Waals surface area (Å²) in [6.07, 6.45) is 7.25. The number of β-amino-alcohol motifs (C(OH)–C–C–N with tert-alkyl or cyclic N) is 1. The summed E-state index contributed by atoms with van der Waals surface area (Å²) in [7, 11) is 0. The number of amides is 1. The Kier molecular flexibility index (Phi) is 7.10. The van der Waals surface area contributed by atoms with Gasteiger partial charge in [0.1, 0.15) is 6.10 Å². The topological polar surface area (TPSA) is 62.2 Å². The Hall–Kier alpha value is -0.690. The molecule has 1 aliphatic carbocycles. The Morgan fingerprint density at radius 1 is 1.16 bits per heavy atom. The molecule has 0 aromatic rings. The third kappa shape index (κ3) is 5.16. The molecular formula is C19H34N2O4. The first-order chi connectivity index (χ1) is 12.2. The van der Waals surface area contributed by atoms with Crippen molar-refractivity contribution in [3.63, 3.8) is 0 Å². The maximum Gasteiger partial charge on any atom is 0.251 e. The zero-order chi connectivity index (χ0) is 17.6. The second kappa shape index (κ2) is 9.31. The van der Waals surface area contributed by atoms with E-state index in [-0.39, 0.29) is 24.7 Å². The molecule has 0 bridgehead atoms. The van der Waals surface area contributed by atoms with Crippen LogP contribution in [0.4, 0.5) is 0 Å². The molecule has 1 saturated carbocycles. The summed E-state index contributed by atoms with van der Waals surface area (Å²) in [6.45, 7) is 6.80. The first-order valence-corrected chi connectivity index (χ1v) is 10.1. The molecule has 2 aliphatic heterocycles. The third-order valence-electron chi connectivity index (χ3n) is 6.03. The molecule has 3 unspecified atom stereocenters. The number of ether oxygens (including phenoxy) is 2. The van der Waals surface area contributed by atoms with Crippen molar-refractivity contribution in [3.8, 4) is 0 Å². The van der Waals surface area contributed by atoms with Gasteiger partial charge in [-0.05, 0) is 26.2 Å². The summed E-state index contributed by atoms with van der Waals surface area (Å²) in [4.78, 5) is 16.9. The Labute approximate surface area is 151 Å². The summed E-state index contributed by atoms with van der Waals surface area (Å²) in [5.74, 6) is 0.460. The van der Waals surface area contributed by atoms with Crippen LogP contribution in [0.1, 0.15) is 45.4 Å². The van der Waals surface area contributed by atoms with Crippen LogP contribution in [-0.2, 0) is 14.3 Å². The van der Waals surface area contributed by atoms with Gasteiger partial charge in [-0.15, -0.1) is 0 Å². The summed E-state index contributed by atoms with van der Waals surface area (Å²) >= 11 is 0. The summed E-state index contributed by atoms with van der Waals surface area (Å²) in [5.41, 5.74) is 0. The third-order valence-corrected chi connectivity index (χ3v) is 6.03. The van der Waals surface area contributed by atoms with E-state index in [1.807, 2.05) is 4.90 Å². The molecule has 6 nitrogen and oxygen atoms in total. The molecule has 0 radical (unpaired) electrons. The second-order valence-corrected chi connectivity index (χ2v) is 7.81. The van der Waals surface area contributed by atoms with E-state index in [1.54, 1.807) is 0 Å². The smallest absolute Gasteiger partial charge is 0.251 e. The fourth-order valence-electron chi connectivity index (χ4n) is 4.28. The maximum atomic E-state index is 12.8. The molecule has 2 heterocycles. The van der Waals surface area contributed by atoms with Gasteiger partial charge in [0, 0.05) is 38.6 Å². The molecule has 0 aromatic heterocycles. The number of aliphatic hydroxyl groups is 1. The van der Waals surface area contributed by atoms with E-state index in [2.05, 4.69) is 11.8 Å². The molecule has 2 saturated heterocycles. The van der Waals surface area contributed by atoms with E-state index in [1.165, 1.54) is 32.1 Å². The van der Waals surface area contributed by atoms with E-state index >= 15 is 0 Å². The van der Waals surface area contributed by atoms with Gasteiger partial charge in [0.25, 0.3) is 5.91 Å². The standard InChI is InChI=1S/C19H34N2O4/c1-15-16(14-24-17-5-3-2-4-6-17)13-18(25-15)19(23)21-9-7-20(8-10-21)11-12-22/h15-18,22H,2-14H2,1H3. The fourth-order valence-corrected chi connectivity index (χ4v) is 4.28. The minimum Gasteiger partial charge on any atom is -0.395 e. The molecular weight excluding hydrogens is 320 g/mol. The molecule has 0 aromatic carbocycles. The average Bonchev–Trinajstić information content (AvgIpc) is 3.02. The lowest BCUT2D eigenvalue weighted by Gasteiger charge is -2.35. The van der Waals surface area contributed by atoms with Crippen LogP contribution in [0.25, 0.3) is 0 Å². The van der Waals surface area contributed by atoms with E-state index in [0.717, 1.165) is 39.2 Å². The van der Waals surface area contributed by atoms with Crippen LogP contribution in [0.3, 0.4) is 0 Å². The normalized spacial score (nSPS) is 32.2. The van der Waals surface area contributed by atoms with Gasteiger partial charge in [-0.1, -0.05) is 19.3 Å². The number of carbonyl (C=O) groups excluding carboxylic acids is 1. The Morgan fingerprint density at radius 3 is 2.56 bits per heavy atom. The molecule has 1 N–H and O–H groups in total. The first kappa shape index (κ1) is 19.1. The van der Waals surface area contributed by atoms with Crippen molar-refractivity contribution in [3.05, 3.63) is 0 Å². The minimum absolute atomic E-state index is 0.0909. The van der Waals surface area contributed by atoms with Crippen molar-refractivity contribution < 1.29 is 19.4 Å². The lowest BCUT2D eigenvalue weighted by molar-refractivity contribution is -0.144. The Morgan fingerprint density at radius 2 is 1.88 bits per heavy atom. The monoisotopic (exact) mass is 354 g/mol. The van der Waals surface area contributed by atoms with Gasteiger partial charge >= 0.3 is 0 Å². The molecule has 3 aliphatic rings. The van der Waals surface area contributed by atoms with E-state index in [9.17, 15) is 4.79 Å². The molecule has 0 spiro atoms. The number of nitrogens with zero attached hydrogens (tertiary/aromatic N) is 2. The SMILES string of the molecule is CC1OC(C(=O)N2CCN(CCO)CC2)CC1COC1CCCCC1. The molecule has 3 rings (SSSR count). The number of hydrogen-bond acceptors (Lipinski definition) is 5. The maximum absolute atomic E-state index is 12.8. The molecule has 144 valence electrons. The highest BCUT2D eigenvalue weighted by Gasteiger charge is 2.39. The van der Waals surface area contributed by atoms with E-state index < -0.39 is 0 Å². The van der Waals surface area contributed by atoms with E-state index in [0.29, 0.717) is 18.6 Å². The molecule has 6 heteroatoms. The number of hydrogen-bond donors (Lipinski definition) is 1. The predicted octanol–water partition coefficient (Wildman–Crippen LogP) is 1.27. The van der Waals surface area contributed by atoms with Gasteiger partial charge in [-0.2, -0.15) is 0 Å². The van der Waals surface area contributed by atoms with Crippen LogP contribution >= 0.6 is 0 Å². The Balaban J connectivity index is 1.42. The number of piperazine rings is 1. The van der Waals surface area contributed by atoms with Crippen molar-refractivity contribution in [2.24, 2.45) is 5.92 Å². The van der Waals surface area contributed by atoms with Gasteiger partial charge < -0.3 is 19.5 Å². The van der Waals surface area contributed by atoms with Crippen LogP contribution in [0.2, 0.25) is 0 Å². The Bertz CT molecular complexity index is 420. The molecule has 3 fully saturated rings. The van der Waals surface area contributed by atoms with Crippen molar-refractivity contribution in [2.75, 3.05) is 45.9 Å². The molecule has 25 heavy (non-hydrogen) atoms. The zero-order valence-electron chi connectivity index (χ0n) is 15.6. The van der Waals surface area contributed by atoms with Gasteiger partial charge in [-0.25, -0.2) is 0 Å². The van der Waals surface area contributed by atoms with Crippen LogP contribution in [0.5, 0.6) is 0 Å². The first-order valence-electron chi connectivity index (χ1n) is 10.1. The minimum atomic E-state index is -0.306. The van der Waals surface area contributed by atoms with Gasteiger partial charge in [-0.3, -0.25) is 9.69 Å². The summed E-state index contributed by atoms with van der Waals surface area (Å²) in [6, 6.07) is 0. The largest absolute Gasteiger partial charge is 0.395 e. The lowest BCUT2D eigenvalue weighted by atomic mass is 9.97. The fraction of sp³-hybridized carbons (Fsp3) is 0.947. The molecule has 1 amide bonds. The van der Waals surface area contributed by atoms with Crippen molar-refractivity contribution >= 4 is 5.91 Å². The van der Waals surface area contributed by atoms with Gasteiger partial charge in [0.05, 0.1) is 25.4 Å². The van der Waals surface area contributed by atoms with Gasteiger partial charge in [0.2, 0.25) is 0 Å². The second-order valence-electron chi connectivity index (χ2n) is 7.81.